The molecule has 5 rings (SSSR count). The SMILES string of the molecule is Cc1cc(C)c(C2C(C#N)=C(N)N(c3cccnc3)C3=C2C(=O)CC(C)(C)C3)cc1COc1ccccc1Br. The fourth-order valence-corrected chi connectivity index (χ4v) is 6.10. The van der Waals surface area contributed by atoms with Crippen LogP contribution in [0.25, 0.3) is 0 Å². The number of ketones is 1. The number of halogens is 1. The number of aryl methyl sites for hydroxylation is 2. The number of para-hydroxylation sites is 1. The monoisotopic (exact) mass is 582 g/mol. The Bertz CT molecular complexity index is 1570. The lowest BCUT2D eigenvalue weighted by atomic mass is 9.68. The number of nitrogens with two attached hydrogens (primary N) is 1. The van der Waals surface area contributed by atoms with Crippen molar-refractivity contribution in [3.63, 3.8) is 0 Å². The second-order valence-electron chi connectivity index (χ2n) is 11.0. The first-order chi connectivity index (χ1) is 18.6. The molecule has 0 bridgehead atoms. The zero-order valence-corrected chi connectivity index (χ0v) is 24.2. The number of pyridine rings is 1. The third-order valence-corrected chi connectivity index (χ3v) is 8.20. The van der Waals surface area contributed by atoms with Crippen LogP contribution in [0, 0.1) is 30.6 Å². The number of nitrogens with zero attached hydrogens (tertiary/aromatic N) is 3. The lowest BCUT2D eigenvalue weighted by Gasteiger charge is -2.44. The molecule has 198 valence electrons. The molecule has 0 fully saturated rings. The number of aromatic nitrogens is 1. The highest BCUT2D eigenvalue weighted by molar-refractivity contribution is 9.10. The van der Waals surface area contributed by atoms with Gasteiger partial charge < -0.3 is 10.5 Å². The van der Waals surface area contributed by atoms with Crippen molar-refractivity contribution < 1.29 is 9.53 Å². The number of benzene rings is 2. The van der Waals surface area contributed by atoms with E-state index in [1.165, 1.54) is 0 Å². The van der Waals surface area contributed by atoms with Crippen LogP contribution in [0.1, 0.15) is 54.9 Å². The van der Waals surface area contributed by atoms with E-state index in [4.69, 9.17) is 10.5 Å². The van der Waals surface area contributed by atoms with Crippen LogP contribution >= 0.6 is 15.9 Å². The Kier molecular flexibility index (Phi) is 7.09. The number of hydrogen-bond acceptors (Lipinski definition) is 6. The molecular weight excluding hydrogens is 552 g/mol. The van der Waals surface area contributed by atoms with E-state index in [0.29, 0.717) is 36.4 Å². The van der Waals surface area contributed by atoms with E-state index in [0.717, 1.165) is 43.9 Å². The molecule has 3 aromatic rings. The third-order valence-electron chi connectivity index (χ3n) is 7.54. The quantitative estimate of drug-likeness (QED) is 0.349. The summed E-state index contributed by atoms with van der Waals surface area (Å²) < 4.78 is 7.03. The van der Waals surface area contributed by atoms with Gasteiger partial charge in [-0.1, -0.05) is 38.1 Å². The van der Waals surface area contributed by atoms with Crippen molar-refractivity contribution in [2.75, 3.05) is 4.90 Å². The molecular formula is C32H31BrN4O2. The topological polar surface area (TPSA) is 92.2 Å². The van der Waals surface area contributed by atoms with E-state index < -0.39 is 5.92 Å². The molecule has 1 unspecified atom stereocenters. The van der Waals surface area contributed by atoms with Gasteiger partial charge in [0.25, 0.3) is 0 Å². The Morgan fingerprint density at radius 3 is 2.62 bits per heavy atom. The zero-order valence-electron chi connectivity index (χ0n) is 22.6. The summed E-state index contributed by atoms with van der Waals surface area (Å²) in [6, 6.07) is 18.0. The van der Waals surface area contributed by atoms with Crippen LogP contribution < -0.4 is 15.4 Å². The molecule has 0 saturated carbocycles. The largest absolute Gasteiger partial charge is 0.488 e. The first kappa shape index (κ1) is 26.7. The summed E-state index contributed by atoms with van der Waals surface area (Å²) in [5.41, 5.74) is 13.1. The van der Waals surface area contributed by atoms with Gasteiger partial charge in [-0.15, -0.1) is 0 Å². The molecule has 1 aliphatic heterocycles. The lowest BCUT2D eigenvalue weighted by Crippen LogP contribution is -2.42. The maximum Gasteiger partial charge on any atom is 0.162 e. The van der Waals surface area contributed by atoms with Gasteiger partial charge in [-0.05, 0) is 88.1 Å². The molecule has 39 heavy (non-hydrogen) atoms. The molecule has 2 aromatic carbocycles. The van der Waals surface area contributed by atoms with Crippen LogP contribution in [0.3, 0.4) is 0 Å². The molecule has 1 aliphatic carbocycles. The highest BCUT2D eigenvalue weighted by atomic mass is 79.9. The summed E-state index contributed by atoms with van der Waals surface area (Å²) in [6.45, 7) is 8.62. The molecule has 0 amide bonds. The summed E-state index contributed by atoms with van der Waals surface area (Å²) in [5, 5.41) is 10.4. The number of allylic oxidation sites excluding steroid dienone is 3. The van der Waals surface area contributed by atoms with Crippen molar-refractivity contribution in [1.29, 1.82) is 5.26 Å². The number of Topliss-reactive ketones (excluding diaryl/α,β-unsaturated/α-hetero) is 1. The van der Waals surface area contributed by atoms with E-state index in [9.17, 15) is 10.1 Å². The van der Waals surface area contributed by atoms with Gasteiger partial charge in [0.15, 0.2) is 5.78 Å². The Hall–Kier alpha value is -3.89. The zero-order chi connectivity index (χ0) is 27.9. The fourth-order valence-electron chi connectivity index (χ4n) is 5.70. The van der Waals surface area contributed by atoms with Crippen molar-refractivity contribution in [3.05, 3.63) is 110 Å². The second-order valence-corrected chi connectivity index (χ2v) is 11.9. The molecule has 2 aliphatic rings. The van der Waals surface area contributed by atoms with Gasteiger partial charge in [-0.2, -0.15) is 5.26 Å². The van der Waals surface area contributed by atoms with Gasteiger partial charge in [0, 0.05) is 23.9 Å². The van der Waals surface area contributed by atoms with Crippen LogP contribution in [0.4, 0.5) is 5.69 Å². The summed E-state index contributed by atoms with van der Waals surface area (Å²) in [6.07, 6.45) is 4.47. The normalized spacial score (nSPS) is 18.6. The number of carbonyl (C=O) groups is 1. The minimum atomic E-state index is -0.552. The van der Waals surface area contributed by atoms with E-state index in [2.05, 4.69) is 59.9 Å². The number of rotatable bonds is 5. The first-order valence-corrected chi connectivity index (χ1v) is 13.7. The average molecular weight is 584 g/mol. The van der Waals surface area contributed by atoms with Crippen molar-refractivity contribution in [1.82, 2.24) is 4.98 Å². The standard InChI is InChI=1S/C32H31BrN4O2/c1-19-12-20(2)23(13-21(19)18-39-28-10-6-5-9-25(28)33)29-24(16-34)31(35)37(22-8-7-11-36-17-22)26-14-32(3,4)15-27(38)30(26)29/h5-13,17,29H,14-15,18,35H2,1-4H3. The first-order valence-electron chi connectivity index (χ1n) is 12.9. The lowest BCUT2D eigenvalue weighted by molar-refractivity contribution is -0.118. The number of hydrogen-bond donors (Lipinski definition) is 1. The van der Waals surface area contributed by atoms with E-state index in [1.807, 2.05) is 48.2 Å². The average Bonchev–Trinajstić information content (AvgIpc) is 2.88. The van der Waals surface area contributed by atoms with Crippen LogP contribution in [0.2, 0.25) is 0 Å². The Morgan fingerprint density at radius 2 is 1.92 bits per heavy atom. The van der Waals surface area contributed by atoms with Crippen LogP contribution in [0.15, 0.2) is 88.1 Å². The molecule has 2 heterocycles. The molecule has 0 spiro atoms. The van der Waals surface area contributed by atoms with Gasteiger partial charge in [0.05, 0.1) is 33.9 Å². The van der Waals surface area contributed by atoms with Gasteiger partial charge >= 0.3 is 0 Å². The predicted octanol–water partition coefficient (Wildman–Crippen LogP) is 6.98. The number of ether oxygens (including phenoxy) is 1. The maximum absolute atomic E-state index is 13.9. The number of carbonyl (C=O) groups excluding carboxylic acids is 1. The summed E-state index contributed by atoms with van der Waals surface area (Å²) >= 11 is 3.55. The van der Waals surface area contributed by atoms with Gasteiger partial charge in [0.2, 0.25) is 0 Å². The molecule has 1 atom stereocenters. The summed E-state index contributed by atoms with van der Waals surface area (Å²) in [7, 11) is 0. The third kappa shape index (κ3) is 4.97. The van der Waals surface area contributed by atoms with E-state index in [1.54, 1.807) is 12.4 Å². The Balaban J connectivity index is 1.66. The van der Waals surface area contributed by atoms with Crippen molar-refractivity contribution in [2.24, 2.45) is 11.1 Å². The molecule has 2 N–H and O–H groups in total. The van der Waals surface area contributed by atoms with E-state index >= 15 is 0 Å². The fraction of sp³-hybridized carbons (Fsp3) is 0.281. The van der Waals surface area contributed by atoms with Crippen molar-refractivity contribution in [3.8, 4) is 11.8 Å². The highest BCUT2D eigenvalue weighted by Gasteiger charge is 2.45. The minimum absolute atomic E-state index is 0.0476. The maximum atomic E-state index is 13.9. The molecule has 0 radical (unpaired) electrons. The summed E-state index contributed by atoms with van der Waals surface area (Å²) in [4.78, 5) is 20.0. The van der Waals surface area contributed by atoms with Gasteiger partial charge in [-0.3, -0.25) is 14.7 Å². The minimum Gasteiger partial charge on any atom is -0.488 e. The van der Waals surface area contributed by atoms with Crippen molar-refractivity contribution >= 4 is 27.4 Å². The number of anilines is 1. The van der Waals surface area contributed by atoms with E-state index in [-0.39, 0.29) is 11.2 Å². The predicted molar refractivity (Wildman–Crippen MR) is 156 cm³/mol. The van der Waals surface area contributed by atoms with Crippen LogP contribution in [-0.4, -0.2) is 10.8 Å². The molecule has 1 aromatic heterocycles. The smallest absolute Gasteiger partial charge is 0.162 e. The highest BCUT2D eigenvalue weighted by Crippen LogP contribution is 2.50. The summed E-state index contributed by atoms with van der Waals surface area (Å²) in [5.74, 6) is 0.585. The van der Waals surface area contributed by atoms with Crippen LogP contribution in [0.5, 0.6) is 5.75 Å². The van der Waals surface area contributed by atoms with Crippen molar-refractivity contribution in [2.45, 2.75) is 53.1 Å². The molecule has 6 nitrogen and oxygen atoms in total. The molecule has 0 saturated heterocycles. The second kappa shape index (κ2) is 10.3. The van der Waals surface area contributed by atoms with Gasteiger partial charge in [0.1, 0.15) is 18.2 Å². The molecule has 7 heteroatoms. The Labute approximate surface area is 237 Å². The van der Waals surface area contributed by atoms with Crippen LogP contribution in [-0.2, 0) is 11.4 Å². The Morgan fingerprint density at radius 1 is 1.15 bits per heavy atom. The number of nitriles is 1. The van der Waals surface area contributed by atoms with Gasteiger partial charge in [-0.25, -0.2) is 0 Å².